The molecule has 1 aromatic carbocycles. The number of carbonyl (C=O) groups is 1. The molecule has 0 bridgehead atoms. The van der Waals surface area contributed by atoms with Gasteiger partial charge in [0.15, 0.2) is 10.9 Å². The standard InChI is InChI=1S/C18H20N6OS/c1-23-9-8-13-15(11-23)26-18(19-13)21-17(25)20-16-10-14(24(2)22-16)12-6-4-3-5-7-12/h3-7,10H,8-9,11H2,1-2H3,(H2,19,20,21,22,25). The highest BCUT2D eigenvalue weighted by Gasteiger charge is 2.19. The van der Waals surface area contributed by atoms with E-state index in [1.165, 1.54) is 16.2 Å². The first kappa shape index (κ1) is 16.7. The first-order chi connectivity index (χ1) is 12.6. The Bertz CT molecular complexity index is 933. The second-order valence-corrected chi connectivity index (χ2v) is 7.44. The normalized spacial score (nSPS) is 14.1. The monoisotopic (exact) mass is 368 g/mol. The molecule has 3 aromatic rings. The fourth-order valence-electron chi connectivity index (χ4n) is 3.03. The lowest BCUT2D eigenvalue weighted by Crippen LogP contribution is -2.25. The zero-order valence-electron chi connectivity index (χ0n) is 14.7. The zero-order chi connectivity index (χ0) is 18.1. The second-order valence-electron chi connectivity index (χ2n) is 6.36. The fraction of sp³-hybridized carbons (Fsp3) is 0.278. The molecule has 4 rings (SSSR count). The zero-order valence-corrected chi connectivity index (χ0v) is 15.5. The highest BCUT2D eigenvalue weighted by atomic mass is 32.1. The molecule has 0 atom stereocenters. The third-order valence-electron chi connectivity index (χ3n) is 4.33. The number of carbonyl (C=O) groups excluding carboxylic acids is 1. The van der Waals surface area contributed by atoms with Crippen LogP contribution in [-0.4, -0.2) is 39.3 Å². The average molecular weight is 368 g/mol. The Labute approximate surface area is 155 Å². The molecule has 7 nitrogen and oxygen atoms in total. The summed E-state index contributed by atoms with van der Waals surface area (Å²) < 4.78 is 1.75. The number of anilines is 2. The summed E-state index contributed by atoms with van der Waals surface area (Å²) in [4.78, 5) is 20.3. The van der Waals surface area contributed by atoms with Crippen molar-refractivity contribution in [1.82, 2.24) is 19.7 Å². The van der Waals surface area contributed by atoms with Crippen LogP contribution in [0.3, 0.4) is 0 Å². The Balaban J connectivity index is 1.44. The van der Waals surface area contributed by atoms with Gasteiger partial charge in [0.25, 0.3) is 0 Å². The minimum atomic E-state index is -0.331. The molecule has 0 saturated heterocycles. The van der Waals surface area contributed by atoms with E-state index < -0.39 is 0 Å². The average Bonchev–Trinajstić information content (AvgIpc) is 3.17. The molecule has 2 N–H and O–H groups in total. The highest BCUT2D eigenvalue weighted by molar-refractivity contribution is 7.15. The van der Waals surface area contributed by atoms with Crippen molar-refractivity contribution in [3.8, 4) is 11.3 Å². The number of aryl methyl sites for hydroxylation is 1. The van der Waals surface area contributed by atoms with Gasteiger partial charge in [0.2, 0.25) is 0 Å². The van der Waals surface area contributed by atoms with Gasteiger partial charge in [-0.05, 0) is 12.6 Å². The lowest BCUT2D eigenvalue weighted by atomic mass is 10.1. The predicted molar refractivity (Wildman–Crippen MR) is 103 cm³/mol. The van der Waals surface area contributed by atoms with E-state index in [2.05, 4.69) is 32.7 Å². The van der Waals surface area contributed by atoms with E-state index in [0.29, 0.717) is 10.9 Å². The minimum absolute atomic E-state index is 0.331. The number of fused-ring (bicyclic) bond motifs is 1. The Morgan fingerprint density at radius 1 is 1.19 bits per heavy atom. The predicted octanol–water partition coefficient (Wildman–Crippen LogP) is 3.18. The third-order valence-corrected chi connectivity index (χ3v) is 5.33. The summed E-state index contributed by atoms with van der Waals surface area (Å²) in [5, 5.41) is 10.6. The summed E-state index contributed by atoms with van der Waals surface area (Å²) in [6, 6.07) is 11.5. The van der Waals surface area contributed by atoms with E-state index >= 15 is 0 Å². The summed E-state index contributed by atoms with van der Waals surface area (Å²) in [7, 11) is 3.95. The third kappa shape index (κ3) is 3.47. The van der Waals surface area contributed by atoms with Gasteiger partial charge in [-0.3, -0.25) is 15.3 Å². The van der Waals surface area contributed by atoms with E-state index in [9.17, 15) is 4.79 Å². The van der Waals surface area contributed by atoms with E-state index in [1.54, 1.807) is 4.68 Å². The Morgan fingerprint density at radius 2 is 2.00 bits per heavy atom. The molecule has 2 amide bonds. The molecule has 0 aliphatic carbocycles. The number of hydrogen-bond donors (Lipinski definition) is 2. The molecule has 3 heterocycles. The summed E-state index contributed by atoms with van der Waals surface area (Å²) in [6.07, 6.45) is 0.923. The van der Waals surface area contributed by atoms with Gasteiger partial charge in [-0.25, -0.2) is 9.78 Å². The molecular weight excluding hydrogens is 348 g/mol. The molecule has 26 heavy (non-hydrogen) atoms. The Kier molecular flexibility index (Phi) is 4.44. The van der Waals surface area contributed by atoms with Crippen LogP contribution in [0.25, 0.3) is 11.3 Å². The summed E-state index contributed by atoms with van der Waals surface area (Å²) in [5.74, 6) is 0.505. The topological polar surface area (TPSA) is 75.1 Å². The molecule has 134 valence electrons. The molecule has 2 aromatic heterocycles. The van der Waals surface area contributed by atoms with Crippen molar-refractivity contribution in [1.29, 1.82) is 0 Å². The van der Waals surface area contributed by atoms with Crippen LogP contribution in [0, 0.1) is 0 Å². The number of nitrogens with zero attached hydrogens (tertiary/aromatic N) is 4. The van der Waals surface area contributed by atoms with Crippen LogP contribution in [0.1, 0.15) is 10.6 Å². The van der Waals surface area contributed by atoms with Crippen molar-refractivity contribution < 1.29 is 4.79 Å². The number of likely N-dealkylation sites (N-methyl/N-ethyl adjacent to an activating group) is 1. The maximum atomic E-state index is 12.3. The van der Waals surface area contributed by atoms with Crippen LogP contribution >= 0.6 is 11.3 Å². The first-order valence-corrected chi connectivity index (χ1v) is 9.25. The van der Waals surface area contributed by atoms with Crippen LogP contribution in [0.4, 0.5) is 15.7 Å². The number of nitrogens with one attached hydrogen (secondary N) is 2. The molecule has 0 saturated carbocycles. The van der Waals surface area contributed by atoms with Crippen LogP contribution in [-0.2, 0) is 20.0 Å². The summed E-state index contributed by atoms with van der Waals surface area (Å²) in [5.41, 5.74) is 3.08. The van der Waals surface area contributed by atoms with Crippen molar-refractivity contribution in [3.05, 3.63) is 47.0 Å². The quantitative estimate of drug-likeness (QED) is 0.745. The second kappa shape index (κ2) is 6.89. The number of rotatable bonds is 3. The lowest BCUT2D eigenvalue weighted by Gasteiger charge is -2.20. The SMILES string of the molecule is CN1CCc2nc(NC(=O)Nc3cc(-c4ccccc4)n(C)n3)sc2C1. The Morgan fingerprint density at radius 3 is 2.81 bits per heavy atom. The lowest BCUT2D eigenvalue weighted by molar-refractivity contribution is 0.262. The molecular formula is C18H20N6OS. The largest absolute Gasteiger partial charge is 0.326 e. The first-order valence-electron chi connectivity index (χ1n) is 8.43. The van der Waals surface area contributed by atoms with Gasteiger partial charge >= 0.3 is 6.03 Å². The van der Waals surface area contributed by atoms with E-state index in [0.717, 1.165) is 36.5 Å². The number of urea groups is 1. The van der Waals surface area contributed by atoms with Crippen molar-refractivity contribution in [2.45, 2.75) is 13.0 Å². The molecule has 0 fully saturated rings. The van der Waals surface area contributed by atoms with Gasteiger partial charge in [0.05, 0.1) is 11.4 Å². The van der Waals surface area contributed by atoms with E-state index in [4.69, 9.17) is 0 Å². The van der Waals surface area contributed by atoms with E-state index in [-0.39, 0.29) is 6.03 Å². The molecule has 0 spiro atoms. The van der Waals surface area contributed by atoms with Crippen molar-refractivity contribution in [2.75, 3.05) is 24.2 Å². The number of thiazole rings is 1. The maximum Gasteiger partial charge on any atom is 0.326 e. The summed E-state index contributed by atoms with van der Waals surface area (Å²) in [6.45, 7) is 1.88. The number of aromatic nitrogens is 3. The van der Waals surface area contributed by atoms with E-state index in [1.807, 2.05) is 43.4 Å². The number of hydrogen-bond acceptors (Lipinski definition) is 5. The van der Waals surface area contributed by atoms with Crippen LogP contribution in [0.2, 0.25) is 0 Å². The van der Waals surface area contributed by atoms with Crippen LogP contribution < -0.4 is 10.6 Å². The fourth-order valence-corrected chi connectivity index (χ4v) is 4.11. The van der Waals surface area contributed by atoms with Gasteiger partial charge in [-0.15, -0.1) is 11.3 Å². The summed E-state index contributed by atoms with van der Waals surface area (Å²) >= 11 is 1.53. The smallest absolute Gasteiger partial charge is 0.301 e. The van der Waals surface area contributed by atoms with Crippen molar-refractivity contribution >= 4 is 28.3 Å². The molecule has 0 radical (unpaired) electrons. The molecule has 0 unspecified atom stereocenters. The molecule has 1 aliphatic rings. The Hall–Kier alpha value is -2.71. The number of benzene rings is 1. The molecule has 8 heteroatoms. The van der Waals surface area contributed by atoms with Crippen LogP contribution in [0.15, 0.2) is 36.4 Å². The number of amides is 2. The van der Waals surface area contributed by atoms with Crippen molar-refractivity contribution in [2.24, 2.45) is 7.05 Å². The van der Waals surface area contributed by atoms with Gasteiger partial charge in [0, 0.05) is 37.5 Å². The van der Waals surface area contributed by atoms with Gasteiger partial charge < -0.3 is 4.90 Å². The molecule has 1 aliphatic heterocycles. The van der Waals surface area contributed by atoms with Crippen LogP contribution in [0.5, 0.6) is 0 Å². The highest BCUT2D eigenvalue weighted by Crippen LogP contribution is 2.28. The van der Waals surface area contributed by atoms with Crippen molar-refractivity contribution in [3.63, 3.8) is 0 Å². The minimum Gasteiger partial charge on any atom is -0.301 e. The van der Waals surface area contributed by atoms with Gasteiger partial charge in [-0.2, -0.15) is 5.10 Å². The van der Waals surface area contributed by atoms with Gasteiger partial charge in [0.1, 0.15) is 0 Å². The van der Waals surface area contributed by atoms with Gasteiger partial charge in [-0.1, -0.05) is 30.3 Å². The maximum absolute atomic E-state index is 12.3.